The average molecular weight is 250 g/mol. The Morgan fingerprint density at radius 1 is 1.44 bits per heavy atom. The standard InChI is InChI=1S/C12H18N4O2/c13-16-11-7-8(5-6-14-11)12(18)15-9-3-1-2-4-10(9)17/h5-7,9-10,17H,1-4,13H2,(H,14,16)(H,15,18). The molecule has 1 amide bonds. The summed E-state index contributed by atoms with van der Waals surface area (Å²) in [5.41, 5.74) is 2.88. The maximum Gasteiger partial charge on any atom is 0.251 e. The van der Waals surface area contributed by atoms with E-state index in [4.69, 9.17) is 5.84 Å². The number of nitrogens with zero attached hydrogens (tertiary/aromatic N) is 1. The van der Waals surface area contributed by atoms with Crippen LogP contribution >= 0.6 is 0 Å². The molecule has 0 bridgehead atoms. The molecule has 1 aliphatic rings. The molecule has 0 saturated heterocycles. The Bertz CT molecular complexity index is 424. The number of anilines is 1. The molecular weight excluding hydrogens is 232 g/mol. The van der Waals surface area contributed by atoms with Crippen molar-refractivity contribution in [2.75, 3.05) is 5.43 Å². The molecule has 1 fully saturated rings. The summed E-state index contributed by atoms with van der Waals surface area (Å²) in [7, 11) is 0. The first-order chi connectivity index (χ1) is 8.70. The Balaban J connectivity index is 2.02. The molecule has 0 aromatic carbocycles. The predicted octanol–water partition coefficient (Wildman–Crippen LogP) is 0.400. The zero-order valence-corrected chi connectivity index (χ0v) is 10.1. The lowest BCUT2D eigenvalue weighted by Gasteiger charge is -2.28. The van der Waals surface area contributed by atoms with Crippen LogP contribution in [-0.4, -0.2) is 28.1 Å². The van der Waals surface area contributed by atoms with Gasteiger partial charge in [0.15, 0.2) is 0 Å². The summed E-state index contributed by atoms with van der Waals surface area (Å²) in [6, 6.07) is 3.03. The van der Waals surface area contributed by atoms with Crippen LogP contribution in [0.25, 0.3) is 0 Å². The van der Waals surface area contributed by atoms with E-state index in [1.807, 2.05) is 0 Å². The second-order valence-electron chi connectivity index (χ2n) is 4.51. The maximum atomic E-state index is 12.0. The van der Waals surface area contributed by atoms with E-state index in [1.54, 1.807) is 12.1 Å². The fourth-order valence-electron chi connectivity index (χ4n) is 2.18. The summed E-state index contributed by atoms with van der Waals surface area (Å²) in [5, 5.41) is 12.7. The van der Waals surface area contributed by atoms with E-state index in [0.717, 1.165) is 25.7 Å². The number of pyridine rings is 1. The van der Waals surface area contributed by atoms with Gasteiger partial charge in [-0.25, -0.2) is 10.8 Å². The van der Waals surface area contributed by atoms with Crippen LogP contribution in [-0.2, 0) is 0 Å². The average Bonchev–Trinajstić information content (AvgIpc) is 2.41. The first-order valence-corrected chi connectivity index (χ1v) is 6.12. The van der Waals surface area contributed by atoms with Crippen molar-refractivity contribution >= 4 is 11.7 Å². The molecule has 1 aromatic rings. The van der Waals surface area contributed by atoms with Crippen molar-refractivity contribution in [3.05, 3.63) is 23.9 Å². The van der Waals surface area contributed by atoms with Crippen LogP contribution < -0.4 is 16.6 Å². The van der Waals surface area contributed by atoms with E-state index in [9.17, 15) is 9.90 Å². The van der Waals surface area contributed by atoms with Crippen LogP contribution in [0.2, 0.25) is 0 Å². The van der Waals surface area contributed by atoms with Crippen molar-refractivity contribution in [3.63, 3.8) is 0 Å². The molecule has 6 nitrogen and oxygen atoms in total. The van der Waals surface area contributed by atoms with E-state index in [-0.39, 0.29) is 11.9 Å². The van der Waals surface area contributed by atoms with Gasteiger partial charge in [-0.05, 0) is 25.0 Å². The third kappa shape index (κ3) is 2.96. The highest BCUT2D eigenvalue weighted by atomic mass is 16.3. The fourth-order valence-corrected chi connectivity index (χ4v) is 2.18. The highest BCUT2D eigenvalue weighted by molar-refractivity contribution is 5.95. The van der Waals surface area contributed by atoms with Gasteiger partial charge in [-0.1, -0.05) is 12.8 Å². The van der Waals surface area contributed by atoms with E-state index < -0.39 is 6.10 Å². The number of rotatable bonds is 3. The molecule has 6 heteroatoms. The summed E-state index contributed by atoms with van der Waals surface area (Å²) >= 11 is 0. The largest absolute Gasteiger partial charge is 0.391 e. The van der Waals surface area contributed by atoms with E-state index in [2.05, 4.69) is 15.7 Å². The topological polar surface area (TPSA) is 100 Å². The van der Waals surface area contributed by atoms with Gasteiger partial charge in [-0.3, -0.25) is 4.79 Å². The van der Waals surface area contributed by atoms with Crippen molar-refractivity contribution in [1.82, 2.24) is 10.3 Å². The van der Waals surface area contributed by atoms with Crippen LogP contribution in [0.15, 0.2) is 18.3 Å². The van der Waals surface area contributed by atoms with Gasteiger partial charge in [0, 0.05) is 11.8 Å². The number of aliphatic hydroxyl groups is 1. The summed E-state index contributed by atoms with van der Waals surface area (Å²) in [4.78, 5) is 15.9. The Morgan fingerprint density at radius 2 is 2.22 bits per heavy atom. The number of nitrogens with two attached hydrogens (primary N) is 1. The van der Waals surface area contributed by atoms with Crippen LogP contribution in [0.1, 0.15) is 36.0 Å². The third-order valence-electron chi connectivity index (χ3n) is 3.22. The monoisotopic (exact) mass is 250 g/mol. The Kier molecular flexibility index (Phi) is 4.11. The first-order valence-electron chi connectivity index (χ1n) is 6.12. The van der Waals surface area contributed by atoms with Crippen LogP contribution in [0.4, 0.5) is 5.82 Å². The molecule has 2 atom stereocenters. The molecule has 1 aromatic heterocycles. The van der Waals surface area contributed by atoms with Crippen LogP contribution in [0.3, 0.4) is 0 Å². The lowest BCUT2D eigenvalue weighted by Crippen LogP contribution is -2.45. The molecule has 5 N–H and O–H groups in total. The van der Waals surface area contributed by atoms with Crippen molar-refractivity contribution in [1.29, 1.82) is 0 Å². The maximum absolute atomic E-state index is 12.0. The summed E-state index contributed by atoms with van der Waals surface area (Å²) in [6.45, 7) is 0. The Labute approximate surface area is 106 Å². The van der Waals surface area contributed by atoms with Gasteiger partial charge >= 0.3 is 0 Å². The van der Waals surface area contributed by atoms with Crippen molar-refractivity contribution in [2.45, 2.75) is 37.8 Å². The van der Waals surface area contributed by atoms with Crippen molar-refractivity contribution < 1.29 is 9.90 Å². The molecular formula is C12H18N4O2. The quantitative estimate of drug-likeness (QED) is 0.459. The highest BCUT2D eigenvalue weighted by Gasteiger charge is 2.24. The number of amides is 1. The lowest BCUT2D eigenvalue weighted by atomic mass is 9.92. The number of carbonyl (C=O) groups is 1. The molecule has 0 aliphatic heterocycles. The molecule has 1 heterocycles. The number of aromatic nitrogens is 1. The highest BCUT2D eigenvalue weighted by Crippen LogP contribution is 2.18. The lowest BCUT2D eigenvalue weighted by molar-refractivity contribution is 0.0717. The van der Waals surface area contributed by atoms with Crippen molar-refractivity contribution in [2.24, 2.45) is 5.84 Å². The zero-order valence-electron chi connectivity index (χ0n) is 10.1. The third-order valence-corrected chi connectivity index (χ3v) is 3.22. The van der Waals surface area contributed by atoms with Gasteiger partial charge in [-0.2, -0.15) is 0 Å². The summed E-state index contributed by atoms with van der Waals surface area (Å²) in [6.07, 6.45) is 4.69. The molecule has 1 aliphatic carbocycles. The van der Waals surface area contributed by atoms with E-state index >= 15 is 0 Å². The SMILES string of the molecule is NNc1cc(C(=O)NC2CCCCC2O)ccn1. The van der Waals surface area contributed by atoms with Crippen LogP contribution in [0.5, 0.6) is 0 Å². The smallest absolute Gasteiger partial charge is 0.251 e. The molecule has 2 rings (SSSR count). The van der Waals surface area contributed by atoms with Gasteiger partial charge in [0.25, 0.3) is 5.91 Å². The second-order valence-corrected chi connectivity index (χ2v) is 4.51. The molecule has 18 heavy (non-hydrogen) atoms. The Morgan fingerprint density at radius 3 is 2.94 bits per heavy atom. The van der Waals surface area contributed by atoms with Gasteiger partial charge in [-0.15, -0.1) is 0 Å². The number of hydrogen-bond donors (Lipinski definition) is 4. The van der Waals surface area contributed by atoms with Gasteiger partial charge in [0.05, 0.1) is 12.1 Å². The normalized spacial score (nSPS) is 23.4. The molecule has 0 spiro atoms. The van der Waals surface area contributed by atoms with Gasteiger partial charge < -0.3 is 15.8 Å². The first kappa shape index (κ1) is 12.8. The fraction of sp³-hybridized carbons (Fsp3) is 0.500. The minimum absolute atomic E-state index is 0.159. The minimum atomic E-state index is -0.448. The van der Waals surface area contributed by atoms with Crippen LogP contribution in [0, 0.1) is 0 Å². The van der Waals surface area contributed by atoms with Gasteiger partial charge in [0.1, 0.15) is 5.82 Å². The summed E-state index contributed by atoms with van der Waals surface area (Å²) in [5.74, 6) is 5.47. The van der Waals surface area contributed by atoms with E-state index in [0.29, 0.717) is 11.4 Å². The molecule has 1 saturated carbocycles. The molecule has 0 radical (unpaired) electrons. The summed E-state index contributed by atoms with van der Waals surface area (Å²) < 4.78 is 0. The molecule has 98 valence electrons. The minimum Gasteiger partial charge on any atom is -0.391 e. The van der Waals surface area contributed by atoms with Crippen molar-refractivity contribution in [3.8, 4) is 0 Å². The Hall–Kier alpha value is -1.66. The number of nitrogen functional groups attached to an aromatic ring is 1. The second kappa shape index (κ2) is 5.79. The van der Waals surface area contributed by atoms with E-state index in [1.165, 1.54) is 6.20 Å². The number of hydrazine groups is 1. The number of carbonyl (C=O) groups excluding carboxylic acids is 1. The predicted molar refractivity (Wildman–Crippen MR) is 67.8 cm³/mol. The van der Waals surface area contributed by atoms with Gasteiger partial charge in [0.2, 0.25) is 0 Å². The number of nitrogens with one attached hydrogen (secondary N) is 2. The number of hydrogen-bond acceptors (Lipinski definition) is 5. The number of aliphatic hydroxyl groups excluding tert-OH is 1. The zero-order chi connectivity index (χ0) is 13.0. The molecule has 2 unspecified atom stereocenters.